The predicted molar refractivity (Wildman–Crippen MR) is 103 cm³/mol. The molecule has 1 aromatic heterocycles. The van der Waals surface area contributed by atoms with E-state index in [2.05, 4.69) is 10.5 Å². The molecule has 24 heavy (non-hydrogen) atoms. The zero-order chi connectivity index (χ0) is 17.3. The highest BCUT2D eigenvalue weighted by molar-refractivity contribution is 7.21. The van der Waals surface area contributed by atoms with Crippen molar-refractivity contribution in [2.45, 2.75) is 0 Å². The second-order valence-electron chi connectivity index (χ2n) is 4.73. The number of amides is 1. The first-order chi connectivity index (χ1) is 11.5. The smallest absolute Gasteiger partial charge is 0.266 e. The van der Waals surface area contributed by atoms with Crippen molar-refractivity contribution >= 4 is 79.9 Å². The van der Waals surface area contributed by atoms with Crippen molar-refractivity contribution in [2.75, 3.05) is 0 Å². The van der Waals surface area contributed by atoms with Crippen molar-refractivity contribution in [1.29, 1.82) is 0 Å². The summed E-state index contributed by atoms with van der Waals surface area (Å²) in [6.45, 7) is 0. The molecular formula is C16H8Cl4N2OS. The van der Waals surface area contributed by atoms with Crippen LogP contribution < -0.4 is 5.43 Å². The highest BCUT2D eigenvalue weighted by Gasteiger charge is 2.19. The number of nitrogens with zero attached hydrogens (tertiary/aromatic N) is 1. The van der Waals surface area contributed by atoms with Crippen LogP contribution in [0.4, 0.5) is 0 Å². The van der Waals surface area contributed by atoms with Gasteiger partial charge in [-0.3, -0.25) is 4.79 Å². The third-order valence-corrected chi connectivity index (χ3v) is 5.62. The van der Waals surface area contributed by atoms with Crippen molar-refractivity contribution in [3.05, 3.63) is 66.9 Å². The van der Waals surface area contributed by atoms with E-state index in [1.54, 1.807) is 24.3 Å². The molecule has 0 aliphatic carbocycles. The molecule has 1 N–H and O–H groups in total. The van der Waals surface area contributed by atoms with E-state index in [4.69, 9.17) is 46.4 Å². The lowest BCUT2D eigenvalue weighted by Crippen LogP contribution is -2.16. The number of hydrogen-bond donors (Lipinski definition) is 1. The van der Waals surface area contributed by atoms with Crippen LogP contribution in [0.15, 0.2) is 41.5 Å². The molecule has 0 radical (unpaired) electrons. The summed E-state index contributed by atoms with van der Waals surface area (Å²) in [7, 11) is 0. The quantitative estimate of drug-likeness (QED) is 0.395. The summed E-state index contributed by atoms with van der Waals surface area (Å²) in [6.07, 6.45) is 1.46. The number of hydrogen-bond acceptors (Lipinski definition) is 3. The number of fused-ring (bicyclic) bond motifs is 1. The van der Waals surface area contributed by atoms with Gasteiger partial charge in [-0.05, 0) is 18.2 Å². The largest absolute Gasteiger partial charge is 0.283 e. The van der Waals surface area contributed by atoms with Crippen LogP contribution in [0.1, 0.15) is 15.2 Å². The summed E-state index contributed by atoms with van der Waals surface area (Å²) in [5.41, 5.74) is 3.12. The minimum atomic E-state index is -0.434. The number of nitrogens with one attached hydrogen (secondary N) is 1. The molecule has 122 valence electrons. The van der Waals surface area contributed by atoms with Crippen molar-refractivity contribution < 1.29 is 4.79 Å². The Kier molecular flexibility index (Phi) is 5.33. The fraction of sp³-hybridized carbons (Fsp3) is 0. The summed E-state index contributed by atoms with van der Waals surface area (Å²) in [4.78, 5) is 12.6. The molecule has 0 aliphatic heterocycles. The van der Waals surface area contributed by atoms with E-state index in [-0.39, 0.29) is 5.02 Å². The Morgan fingerprint density at radius 2 is 1.83 bits per heavy atom. The van der Waals surface area contributed by atoms with Gasteiger partial charge in [0.2, 0.25) is 0 Å². The SMILES string of the molecule is O=C(N/N=C/c1ccccc1Cl)c1sc2cc(Cl)cc(Cl)c2c1Cl. The summed E-state index contributed by atoms with van der Waals surface area (Å²) in [5, 5.41) is 6.21. The van der Waals surface area contributed by atoms with Gasteiger partial charge in [0.25, 0.3) is 5.91 Å². The van der Waals surface area contributed by atoms with Crippen molar-refractivity contribution in [1.82, 2.24) is 5.43 Å². The number of benzene rings is 2. The molecule has 0 fully saturated rings. The van der Waals surface area contributed by atoms with E-state index < -0.39 is 5.91 Å². The highest BCUT2D eigenvalue weighted by atomic mass is 35.5. The Hall–Kier alpha value is -1.30. The van der Waals surface area contributed by atoms with E-state index in [0.29, 0.717) is 30.9 Å². The van der Waals surface area contributed by atoms with Crippen molar-refractivity contribution in [3.8, 4) is 0 Å². The van der Waals surface area contributed by atoms with Crippen LogP contribution in [0, 0.1) is 0 Å². The van der Waals surface area contributed by atoms with Crippen molar-refractivity contribution in [2.24, 2.45) is 5.10 Å². The zero-order valence-corrected chi connectivity index (χ0v) is 15.7. The summed E-state index contributed by atoms with van der Waals surface area (Å²) in [5.74, 6) is -0.434. The minimum Gasteiger partial charge on any atom is -0.266 e. The normalized spacial score (nSPS) is 11.3. The number of thiophene rings is 1. The molecule has 0 bridgehead atoms. The van der Waals surface area contributed by atoms with Crippen molar-refractivity contribution in [3.63, 3.8) is 0 Å². The van der Waals surface area contributed by atoms with Gasteiger partial charge < -0.3 is 0 Å². The van der Waals surface area contributed by atoms with Crippen LogP contribution in [0.5, 0.6) is 0 Å². The number of rotatable bonds is 3. The molecule has 0 unspecified atom stereocenters. The topological polar surface area (TPSA) is 41.5 Å². The molecule has 8 heteroatoms. The Bertz CT molecular complexity index is 968. The molecule has 3 rings (SSSR count). The van der Waals surface area contributed by atoms with E-state index in [0.717, 1.165) is 4.70 Å². The lowest BCUT2D eigenvalue weighted by Gasteiger charge is -1.99. The first-order valence-electron chi connectivity index (χ1n) is 6.62. The van der Waals surface area contributed by atoms with Gasteiger partial charge in [-0.25, -0.2) is 5.43 Å². The minimum absolute atomic E-state index is 0.280. The van der Waals surface area contributed by atoms with Gasteiger partial charge in [-0.15, -0.1) is 11.3 Å². The predicted octanol–water partition coefficient (Wildman–Crippen LogP) is 6.28. The molecule has 1 amide bonds. The summed E-state index contributed by atoms with van der Waals surface area (Å²) >= 11 is 25.6. The first-order valence-corrected chi connectivity index (χ1v) is 8.95. The Morgan fingerprint density at radius 3 is 2.58 bits per heavy atom. The summed E-state index contributed by atoms with van der Waals surface area (Å²) < 4.78 is 0.734. The van der Waals surface area contributed by atoms with Crippen LogP contribution >= 0.6 is 57.7 Å². The maximum atomic E-state index is 12.3. The van der Waals surface area contributed by atoms with Gasteiger partial charge in [0, 0.05) is 25.7 Å². The monoisotopic (exact) mass is 416 g/mol. The fourth-order valence-corrected chi connectivity index (χ4v) is 4.50. The van der Waals surface area contributed by atoms with Crippen LogP contribution in [-0.2, 0) is 0 Å². The number of carbonyl (C=O) groups excluding carboxylic acids is 1. The number of halogens is 4. The molecule has 0 saturated heterocycles. The standard InChI is InChI=1S/C16H8Cl4N2OS/c17-9-5-11(19)13-12(6-9)24-15(14(13)20)16(23)22-21-7-8-3-1-2-4-10(8)18/h1-7H,(H,22,23)/b21-7+. The average molecular weight is 418 g/mol. The molecule has 3 nitrogen and oxygen atoms in total. The summed E-state index contributed by atoms with van der Waals surface area (Å²) in [6, 6.07) is 10.4. The van der Waals surface area contributed by atoms with Crippen LogP contribution in [0.3, 0.4) is 0 Å². The number of hydrazone groups is 1. The molecule has 2 aromatic carbocycles. The van der Waals surface area contributed by atoms with Crippen LogP contribution in [0.25, 0.3) is 10.1 Å². The van der Waals surface area contributed by atoms with Gasteiger partial charge in [0.1, 0.15) is 4.88 Å². The third kappa shape index (κ3) is 3.53. The third-order valence-electron chi connectivity index (χ3n) is 3.13. The lowest BCUT2D eigenvalue weighted by molar-refractivity contribution is 0.0959. The molecule has 0 spiro atoms. The zero-order valence-electron chi connectivity index (χ0n) is 11.8. The maximum absolute atomic E-state index is 12.3. The Balaban J connectivity index is 1.86. The average Bonchev–Trinajstić information content (AvgIpc) is 2.86. The van der Waals surface area contributed by atoms with Gasteiger partial charge in [-0.1, -0.05) is 64.6 Å². The molecule has 0 saturated carbocycles. The lowest BCUT2D eigenvalue weighted by atomic mass is 10.2. The van der Waals surface area contributed by atoms with Gasteiger partial charge >= 0.3 is 0 Å². The van der Waals surface area contributed by atoms with E-state index >= 15 is 0 Å². The molecule has 3 aromatic rings. The van der Waals surface area contributed by atoms with E-state index in [9.17, 15) is 4.79 Å². The number of carbonyl (C=O) groups is 1. The fourth-order valence-electron chi connectivity index (χ4n) is 2.05. The second kappa shape index (κ2) is 7.30. The van der Waals surface area contributed by atoms with Crippen LogP contribution in [0.2, 0.25) is 20.1 Å². The van der Waals surface area contributed by atoms with E-state index in [1.165, 1.54) is 17.6 Å². The highest BCUT2D eigenvalue weighted by Crippen LogP contribution is 2.41. The molecule has 0 aliphatic rings. The first kappa shape index (κ1) is 17.5. The van der Waals surface area contributed by atoms with E-state index in [1.807, 2.05) is 12.1 Å². The second-order valence-corrected chi connectivity index (χ2v) is 7.41. The van der Waals surface area contributed by atoms with Crippen LogP contribution in [-0.4, -0.2) is 12.1 Å². The molecule has 0 atom stereocenters. The molecule has 1 heterocycles. The van der Waals surface area contributed by atoms with Gasteiger partial charge in [0.15, 0.2) is 0 Å². The molecular weight excluding hydrogens is 410 g/mol. The van der Waals surface area contributed by atoms with Gasteiger partial charge in [0.05, 0.1) is 16.3 Å². The maximum Gasteiger partial charge on any atom is 0.283 e. The Morgan fingerprint density at radius 1 is 1.08 bits per heavy atom. The Labute approximate surface area is 161 Å². The van der Waals surface area contributed by atoms with Gasteiger partial charge in [-0.2, -0.15) is 5.10 Å².